The summed E-state index contributed by atoms with van der Waals surface area (Å²) >= 11 is 1.72. The van der Waals surface area contributed by atoms with Gasteiger partial charge in [-0.3, -0.25) is 5.10 Å². The third-order valence-electron chi connectivity index (χ3n) is 5.17. The minimum absolute atomic E-state index is 0. The molecule has 1 aliphatic heterocycles. The number of nitrogens with one attached hydrogen (secondary N) is 1. The summed E-state index contributed by atoms with van der Waals surface area (Å²) in [6, 6.07) is 10.7. The molecule has 4 heterocycles. The Bertz CT molecular complexity index is 1060. The Morgan fingerprint density at radius 1 is 1.11 bits per heavy atom. The summed E-state index contributed by atoms with van der Waals surface area (Å²) in [7, 11) is 0. The maximum absolute atomic E-state index is 13.3. The maximum atomic E-state index is 13.3. The summed E-state index contributed by atoms with van der Waals surface area (Å²) in [5, 5.41) is 9.14. The summed E-state index contributed by atoms with van der Waals surface area (Å²) < 4.78 is 14.5. The molecule has 1 aliphatic rings. The average Bonchev–Trinajstić information content (AvgIpc) is 3.40. The molecule has 5 nitrogen and oxygen atoms in total. The molecule has 1 fully saturated rings. The van der Waals surface area contributed by atoms with E-state index >= 15 is 0 Å². The first-order chi connectivity index (χ1) is 13.3. The van der Waals surface area contributed by atoms with Crippen LogP contribution in [0.4, 0.5) is 10.1 Å². The molecule has 1 aromatic carbocycles. The number of pyridine rings is 1. The Morgan fingerprint density at radius 2 is 1.89 bits per heavy atom. The monoisotopic (exact) mass is 415 g/mol. The van der Waals surface area contributed by atoms with E-state index in [1.165, 1.54) is 22.5 Å². The van der Waals surface area contributed by atoms with Crippen LogP contribution in [-0.4, -0.2) is 33.3 Å². The van der Waals surface area contributed by atoms with Crippen LogP contribution in [-0.2, 0) is 0 Å². The normalized spacial score (nSPS) is 15.0. The molecule has 144 valence electrons. The maximum Gasteiger partial charge on any atom is 0.153 e. The number of H-pyrrole nitrogens is 1. The van der Waals surface area contributed by atoms with Crippen LogP contribution in [0, 0.1) is 5.82 Å². The molecule has 1 saturated heterocycles. The van der Waals surface area contributed by atoms with Gasteiger partial charge in [0.2, 0.25) is 0 Å². The van der Waals surface area contributed by atoms with Gasteiger partial charge in [0, 0.05) is 24.6 Å². The molecule has 0 bridgehead atoms. The number of hydrogen-bond donors (Lipinski definition) is 1. The van der Waals surface area contributed by atoms with E-state index < -0.39 is 0 Å². The van der Waals surface area contributed by atoms with Crippen molar-refractivity contribution in [3.63, 3.8) is 0 Å². The molecule has 4 aromatic rings. The number of anilines is 1. The third-order valence-corrected chi connectivity index (χ3v) is 6.09. The zero-order chi connectivity index (χ0) is 18.2. The van der Waals surface area contributed by atoms with Gasteiger partial charge in [0.25, 0.3) is 0 Å². The second-order valence-corrected chi connectivity index (χ2v) is 7.70. The Labute approximate surface area is 172 Å². The number of nitrogens with zero attached hydrogens (tertiary/aromatic N) is 4. The van der Waals surface area contributed by atoms with Crippen LogP contribution >= 0.6 is 23.7 Å². The molecule has 0 spiro atoms. The lowest BCUT2D eigenvalue weighted by molar-refractivity contribution is 0.487. The van der Waals surface area contributed by atoms with E-state index in [9.17, 15) is 4.39 Å². The quantitative estimate of drug-likeness (QED) is 0.510. The van der Waals surface area contributed by atoms with E-state index in [0.717, 1.165) is 48.5 Å². The minimum atomic E-state index is -0.232. The number of aromatic nitrogens is 4. The summed E-state index contributed by atoms with van der Waals surface area (Å²) in [5.41, 5.74) is 4.02. The number of benzene rings is 1. The number of piperidine rings is 1. The van der Waals surface area contributed by atoms with E-state index in [-0.39, 0.29) is 18.2 Å². The van der Waals surface area contributed by atoms with Gasteiger partial charge in [-0.15, -0.1) is 23.7 Å². The second kappa shape index (κ2) is 7.85. The molecule has 0 amide bonds. The SMILES string of the molecule is Cl.Fc1ccc(-c2cc(N3CCC(c4nc[nH]n4)CC3)c3sccc3n2)cc1. The summed E-state index contributed by atoms with van der Waals surface area (Å²) in [4.78, 5) is 11.5. The third kappa shape index (κ3) is 3.47. The number of fused-ring (bicyclic) bond motifs is 1. The van der Waals surface area contributed by atoms with Crippen molar-refractivity contribution in [3.05, 3.63) is 59.7 Å². The first kappa shape index (κ1) is 18.8. The molecule has 0 radical (unpaired) electrons. The first-order valence-corrected chi connectivity index (χ1v) is 9.91. The molecular weight excluding hydrogens is 397 g/mol. The number of aromatic amines is 1. The first-order valence-electron chi connectivity index (χ1n) is 9.03. The van der Waals surface area contributed by atoms with Crippen molar-refractivity contribution in [2.24, 2.45) is 0 Å². The van der Waals surface area contributed by atoms with Crippen LogP contribution in [0.15, 0.2) is 48.1 Å². The van der Waals surface area contributed by atoms with Crippen LogP contribution in [0.3, 0.4) is 0 Å². The molecule has 0 aliphatic carbocycles. The second-order valence-electron chi connectivity index (χ2n) is 6.79. The van der Waals surface area contributed by atoms with Crippen molar-refractivity contribution in [3.8, 4) is 11.3 Å². The largest absolute Gasteiger partial charge is 0.370 e. The summed E-state index contributed by atoms with van der Waals surface area (Å²) in [6.45, 7) is 1.91. The number of rotatable bonds is 3. The molecule has 1 N–H and O–H groups in total. The summed E-state index contributed by atoms with van der Waals surface area (Å²) in [5.74, 6) is 1.09. The highest BCUT2D eigenvalue weighted by Gasteiger charge is 2.25. The fourth-order valence-electron chi connectivity index (χ4n) is 3.74. The fraction of sp³-hybridized carbons (Fsp3) is 0.250. The molecule has 0 saturated carbocycles. The standard InChI is InChI=1S/C20H18FN5S.ClH/c21-15-3-1-13(2-4-15)17-11-18(19-16(24-17)7-10-27-19)26-8-5-14(6-9-26)20-22-12-23-25-20;/h1-4,7,10-12,14H,5-6,8-9H2,(H,22,23,25);1H. The van der Waals surface area contributed by atoms with E-state index in [2.05, 4.69) is 37.6 Å². The molecule has 28 heavy (non-hydrogen) atoms. The van der Waals surface area contributed by atoms with Gasteiger partial charge in [-0.1, -0.05) is 0 Å². The lowest BCUT2D eigenvalue weighted by Gasteiger charge is -2.33. The topological polar surface area (TPSA) is 57.7 Å². The van der Waals surface area contributed by atoms with Crippen molar-refractivity contribution >= 4 is 39.6 Å². The van der Waals surface area contributed by atoms with Crippen LogP contribution < -0.4 is 4.90 Å². The minimum Gasteiger partial charge on any atom is -0.370 e. The zero-order valence-electron chi connectivity index (χ0n) is 15.0. The highest BCUT2D eigenvalue weighted by Crippen LogP contribution is 2.37. The van der Waals surface area contributed by atoms with E-state index in [1.807, 2.05) is 0 Å². The van der Waals surface area contributed by atoms with Gasteiger partial charge in [0.15, 0.2) is 5.82 Å². The lowest BCUT2D eigenvalue weighted by atomic mass is 9.95. The number of hydrogen-bond acceptors (Lipinski definition) is 5. The predicted molar refractivity (Wildman–Crippen MR) is 113 cm³/mol. The Balaban J connectivity index is 0.00000192. The number of halogens is 2. The van der Waals surface area contributed by atoms with E-state index in [4.69, 9.17) is 4.98 Å². The zero-order valence-corrected chi connectivity index (χ0v) is 16.6. The summed E-state index contributed by atoms with van der Waals surface area (Å²) in [6.07, 6.45) is 3.70. The Morgan fingerprint density at radius 3 is 2.61 bits per heavy atom. The van der Waals surface area contributed by atoms with Crippen LogP contribution in [0.5, 0.6) is 0 Å². The Hall–Kier alpha value is -2.51. The van der Waals surface area contributed by atoms with Crippen LogP contribution in [0.25, 0.3) is 21.5 Å². The molecule has 0 unspecified atom stereocenters. The van der Waals surface area contributed by atoms with E-state index in [0.29, 0.717) is 5.92 Å². The fourth-order valence-corrected chi connectivity index (χ4v) is 4.61. The predicted octanol–water partition coefficient (Wildman–Crippen LogP) is 5.03. The van der Waals surface area contributed by atoms with Gasteiger partial charge in [-0.25, -0.2) is 14.4 Å². The smallest absolute Gasteiger partial charge is 0.153 e. The van der Waals surface area contributed by atoms with Crippen LogP contribution in [0.1, 0.15) is 24.6 Å². The van der Waals surface area contributed by atoms with Gasteiger partial charge < -0.3 is 4.90 Å². The highest BCUT2D eigenvalue weighted by atomic mass is 35.5. The Kier molecular flexibility index (Phi) is 5.28. The highest BCUT2D eigenvalue weighted by molar-refractivity contribution is 7.17. The molecule has 8 heteroatoms. The van der Waals surface area contributed by atoms with Crippen molar-refractivity contribution in [1.29, 1.82) is 0 Å². The van der Waals surface area contributed by atoms with Crippen molar-refractivity contribution < 1.29 is 4.39 Å². The average molecular weight is 416 g/mol. The van der Waals surface area contributed by atoms with Crippen molar-refractivity contribution in [2.75, 3.05) is 18.0 Å². The van der Waals surface area contributed by atoms with Gasteiger partial charge >= 0.3 is 0 Å². The van der Waals surface area contributed by atoms with Gasteiger partial charge in [-0.2, -0.15) is 5.10 Å². The van der Waals surface area contributed by atoms with Gasteiger partial charge in [0.05, 0.1) is 21.6 Å². The molecule has 5 rings (SSSR count). The molecule has 3 aromatic heterocycles. The molecular formula is C20H19ClFN5S. The van der Waals surface area contributed by atoms with Crippen molar-refractivity contribution in [1.82, 2.24) is 20.2 Å². The van der Waals surface area contributed by atoms with Gasteiger partial charge in [0.1, 0.15) is 12.1 Å². The number of thiophene rings is 1. The lowest BCUT2D eigenvalue weighted by Crippen LogP contribution is -2.33. The van der Waals surface area contributed by atoms with Crippen LogP contribution in [0.2, 0.25) is 0 Å². The molecule has 0 atom stereocenters. The van der Waals surface area contributed by atoms with Gasteiger partial charge in [-0.05, 0) is 54.6 Å². The van der Waals surface area contributed by atoms with Crippen molar-refractivity contribution in [2.45, 2.75) is 18.8 Å². The van der Waals surface area contributed by atoms with E-state index in [1.54, 1.807) is 29.8 Å².